The van der Waals surface area contributed by atoms with E-state index in [-0.39, 0.29) is 17.9 Å². The first-order chi connectivity index (χ1) is 13.7. The number of anilines is 1. The van der Waals surface area contributed by atoms with Gasteiger partial charge in [-0.2, -0.15) is 10.2 Å². The molecule has 0 spiro atoms. The molecule has 0 atom stereocenters. The van der Waals surface area contributed by atoms with Gasteiger partial charge in [0.15, 0.2) is 5.82 Å². The van der Waals surface area contributed by atoms with Crippen molar-refractivity contribution in [2.24, 2.45) is 0 Å². The molecular formula is C17H15BrCl2N6O3. The lowest BCUT2D eigenvalue weighted by Gasteiger charge is -2.06. The number of carbonyl (C=O) groups excluding carboxylic acids is 1. The van der Waals surface area contributed by atoms with Crippen molar-refractivity contribution in [1.82, 2.24) is 19.6 Å². The van der Waals surface area contributed by atoms with Crippen LogP contribution in [0, 0.1) is 24.0 Å². The zero-order valence-electron chi connectivity index (χ0n) is 15.3. The van der Waals surface area contributed by atoms with Gasteiger partial charge in [-0.15, -0.1) is 0 Å². The molecule has 152 valence electrons. The molecule has 2 heterocycles. The van der Waals surface area contributed by atoms with Gasteiger partial charge in [0, 0.05) is 16.2 Å². The number of benzene rings is 1. The predicted molar refractivity (Wildman–Crippen MR) is 112 cm³/mol. The average Bonchev–Trinajstić information content (AvgIpc) is 3.09. The zero-order chi connectivity index (χ0) is 21.3. The van der Waals surface area contributed by atoms with Gasteiger partial charge in [0.1, 0.15) is 17.9 Å². The highest BCUT2D eigenvalue weighted by molar-refractivity contribution is 9.10. The molecule has 3 aromatic rings. The Morgan fingerprint density at radius 1 is 1.31 bits per heavy atom. The van der Waals surface area contributed by atoms with Crippen LogP contribution < -0.4 is 5.32 Å². The Balaban J connectivity index is 1.72. The minimum absolute atomic E-state index is 0.0944. The summed E-state index contributed by atoms with van der Waals surface area (Å²) < 4.78 is 3.49. The van der Waals surface area contributed by atoms with Gasteiger partial charge in [-0.1, -0.05) is 29.3 Å². The van der Waals surface area contributed by atoms with Gasteiger partial charge in [0.05, 0.1) is 15.9 Å². The van der Waals surface area contributed by atoms with E-state index in [1.54, 1.807) is 36.0 Å². The summed E-state index contributed by atoms with van der Waals surface area (Å²) in [6.45, 7) is 3.28. The number of nitrogens with zero attached hydrogens (tertiary/aromatic N) is 5. The van der Waals surface area contributed by atoms with Gasteiger partial charge in [-0.25, -0.2) is 0 Å². The molecule has 1 N–H and O–H groups in total. The fourth-order valence-corrected chi connectivity index (χ4v) is 3.68. The molecule has 0 saturated carbocycles. The Bertz CT molecular complexity index is 1110. The van der Waals surface area contributed by atoms with E-state index in [9.17, 15) is 14.9 Å². The van der Waals surface area contributed by atoms with E-state index in [1.165, 1.54) is 11.6 Å². The van der Waals surface area contributed by atoms with E-state index >= 15 is 0 Å². The molecule has 3 rings (SSSR count). The van der Waals surface area contributed by atoms with Crippen LogP contribution in [-0.4, -0.2) is 30.4 Å². The van der Waals surface area contributed by atoms with Gasteiger partial charge in [-0.3, -0.25) is 24.3 Å². The smallest absolute Gasteiger partial charge is 0.307 e. The SMILES string of the molecule is Cc1nn(CC(=O)Nc2nn(Cc3ccc(Cl)cc3Cl)cc2Br)c(C)c1[N+](=O)[O-]. The minimum atomic E-state index is -0.508. The summed E-state index contributed by atoms with van der Waals surface area (Å²) in [4.78, 5) is 23.0. The Kier molecular flexibility index (Phi) is 6.25. The van der Waals surface area contributed by atoms with Crippen LogP contribution in [0.25, 0.3) is 0 Å². The van der Waals surface area contributed by atoms with E-state index in [0.717, 1.165) is 5.56 Å². The Morgan fingerprint density at radius 3 is 2.66 bits per heavy atom. The first-order valence-electron chi connectivity index (χ1n) is 8.31. The molecular weight excluding hydrogens is 487 g/mol. The fraction of sp³-hybridized carbons (Fsp3) is 0.235. The van der Waals surface area contributed by atoms with Crippen molar-refractivity contribution in [2.75, 3.05) is 5.32 Å². The number of nitrogens with one attached hydrogen (secondary N) is 1. The Morgan fingerprint density at radius 2 is 2.03 bits per heavy atom. The first-order valence-corrected chi connectivity index (χ1v) is 9.85. The van der Waals surface area contributed by atoms with E-state index in [1.807, 2.05) is 0 Å². The number of halogens is 3. The quantitative estimate of drug-likeness (QED) is 0.398. The standard InChI is InChI=1S/C17H15BrCl2N6O3/c1-9-16(26(28)29)10(2)25(22-9)8-15(27)21-17-13(18)7-24(23-17)6-11-3-4-12(19)5-14(11)20/h3-5,7H,6,8H2,1-2H3,(H,21,23,27). The van der Waals surface area contributed by atoms with Crippen LogP contribution in [0.15, 0.2) is 28.9 Å². The van der Waals surface area contributed by atoms with Crippen LogP contribution in [0.3, 0.4) is 0 Å². The molecule has 0 aliphatic carbocycles. The predicted octanol–water partition coefficient (Wildman–Crippen LogP) is 4.36. The maximum absolute atomic E-state index is 12.4. The number of hydrogen-bond acceptors (Lipinski definition) is 5. The molecule has 0 aliphatic rings. The third-order valence-corrected chi connectivity index (χ3v) is 5.31. The van der Waals surface area contributed by atoms with Crippen molar-refractivity contribution in [1.29, 1.82) is 0 Å². The first kappa shape index (κ1) is 21.3. The highest BCUT2D eigenvalue weighted by Crippen LogP contribution is 2.25. The van der Waals surface area contributed by atoms with Crippen LogP contribution in [0.5, 0.6) is 0 Å². The largest absolute Gasteiger partial charge is 0.312 e. The van der Waals surface area contributed by atoms with Crippen molar-refractivity contribution < 1.29 is 9.72 Å². The molecule has 0 saturated heterocycles. The van der Waals surface area contributed by atoms with Crippen molar-refractivity contribution in [3.8, 4) is 0 Å². The monoisotopic (exact) mass is 500 g/mol. The van der Waals surface area contributed by atoms with Gasteiger partial charge >= 0.3 is 5.69 Å². The van der Waals surface area contributed by atoms with Crippen LogP contribution in [0.2, 0.25) is 10.0 Å². The van der Waals surface area contributed by atoms with Gasteiger partial charge in [-0.05, 0) is 47.5 Å². The number of hydrogen-bond donors (Lipinski definition) is 1. The molecule has 0 fully saturated rings. The summed E-state index contributed by atoms with van der Waals surface area (Å²) in [5.74, 6) is -0.0999. The van der Waals surface area contributed by atoms with Crippen LogP contribution in [0.1, 0.15) is 17.0 Å². The highest BCUT2D eigenvalue weighted by atomic mass is 79.9. The Hall–Kier alpha value is -2.43. The fourth-order valence-electron chi connectivity index (χ4n) is 2.80. The molecule has 0 unspecified atom stereocenters. The van der Waals surface area contributed by atoms with E-state index in [0.29, 0.717) is 32.6 Å². The second kappa shape index (κ2) is 8.52. The number of aromatic nitrogens is 4. The van der Waals surface area contributed by atoms with Crippen molar-refractivity contribution >= 4 is 56.5 Å². The summed E-state index contributed by atoms with van der Waals surface area (Å²) in [5.41, 5.74) is 1.29. The lowest BCUT2D eigenvalue weighted by molar-refractivity contribution is -0.386. The molecule has 9 nitrogen and oxygen atoms in total. The maximum Gasteiger partial charge on any atom is 0.312 e. The van der Waals surface area contributed by atoms with Gasteiger partial charge < -0.3 is 5.32 Å². The highest BCUT2D eigenvalue weighted by Gasteiger charge is 2.23. The lowest BCUT2D eigenvalue weighted by atomic mass is 10.2. The number of rotatable bonds is 6. The van der Waals surface area contributed by atoms with Gasteiger partial charge in [0.25, 0.3) is 0 Å². The third-order valence-electron chi connectivity index (χ3n) is 4.14. The third kappa shape index (κ3) is 4.77. The molecule has 1 amide bonds. The second-order valence-corrected chi connectivity index (χ2v) is 7.94. The Labute approximate surface area is 183 Å². The maximum atomic E-state index is 12.4. The topological polar surface area (TPSA) is 108 Å². The number of carbonyl (C=O) groups is 1. The molecule has 2 aromatic heterocycles. The number of aryl methyl sites for hydroxylation is 1. The van der Waals surface area contributed by atoms with E-state index < -0.39 is 10.8 Å². The summed E-state index contributed by atoms with van der Waals surface area (Å²) in [7, 11) is 0. The summed E-state index contributed by atoms with van der Waals surface area (Å²) in [6, 6.07) is 5.18. The van der Waals surface area contributed by atoms with E-state index in [2.05, 4.69) is 31.4 Å². The van der Waals surface area contributed by atoms with Crippen molar-refractivity contribution in [3.05, 3.63) is 66.0 Å². The normalized spacial score (nSPS) is 10.9. The second-order valence-electron chi connectivity index (χ2n) is 6.24. The molecule has 0 radical (unpaired) electrons. The summed E-state index contributed by atoms with van der Waals surface area (Å²) >= 11 is 15.5. The lowest BCUT2D eigenvalue weighted by Crippen LogP contribution is -2.21. The number of nitro groups is 1. The molecule has 1 aromatic carbocycles. The average molecular weight is 502 g/mol. The van der Waals surface area contributed by atoms with Gasteiger partial charge in [0.2, 0.25) is 5.91 Å². The number of amides is 1. The van der Waals surface area contributed by atoms with Crippen LogP contribution >= 0.6 is 39.1 Å². The minimum Gasteiger partial charge on any atom is -0.307 e. The zero-order valence-corrected chi connectivity index (χ0v) is 18.4. The van der Waals surface area contributed by atoms with Crippen molar-refractivity contribution in [3.63, 3.8) is 0 Å². The summed E-state index contributed by atoms with van der Waals surface area (Å²) in [6.07, 6.45) is 1.70. The van der Waals surface area contributed by atoms with Crippen LogP contribution in [-0.2, 0) is 17.9 Å². The molecule has 0 bridgehead atoms. The molecule has 29 heavy (non-hydrogen) atoms. The molecule has 12 heteroatoms. The van der Waals surface area contributed by atoms with Crippen molar-refractivity contribution in [2.45, 2.75) is 26.9 Å². The molecule has 0 aliphatic heterocycles. The van der Waals surface area contributed by atoms with Crippen LogP contribution in [0.4, 0.5) is 11.5 Å². The summed E-state index contributed by atoms with van der Waals surface area (Å²) in [5, 5.41) is 23.2. The van der Waals surface area contributed by atoms with E-state index in [4.69, 9.17) is 23.2 Å².